The normalized spacial score (nSPS) is 12.0. The molecule has 0 aliphatic rings. The summed E-state index contributed by atoms with van der Waals surface area (Å²) < 4.78 is 40.1. The van der Waals surface area contributed by atoms with E-state index in [0.29, 0.717) is 10.9 Å². The molecule has 3 aromatic rings. The molecule has 136 valence electrons. The van der Waals surface area contributed by atoms with Crippen LogP contribution in [0.15, 0.2) is 52.2 Å². The highest BCUT2D eigenvalue weighted by molar-refractivity contribution is 7.89. The second kappa shape index (κ2) is 7.14. The molecule has 0 atom stereocenters. The Morgan fingerprint density at radius 1 is 1.23 bits per heavy atom. The molecule has 3 rings (SSSR count). The van der Waals surface area contributed by atoms with E-state index >= 15 is 0 Å². The van der Waals surface area contributed by atoms with Gasteiger partial charge in [0.25, 0.3) is 5.56 Å². The molecule has 1 N–H and O–H groups in total. The second-order valence-electron chi connectivity index (χ2n) is 5.54. The maximum atomic E-state index is 13.3. The lowest BCUT2D eigenvalue weighted by molar-refractivity contribution is 0.414. The molecule has 0 spiro atoms. The third-order valence-electron chi connectivity index (χ3n) is 3.87. The summed E-state index contributed by atoms with van der Waals surface area (Å²) in [5.74, 6) is -0.485. The molecule has 0 aliphatic carbocycles. The van der Waals surface area contributed by atoms with E-state index in [1.165, 1.54) is 0 Å². The van der Waals surface area contributed by atoms with Gasteiger partial charge in [-0.3, -0.25) is 4.79 Å². The smallest absolute Gasteiger partial charge is 0.258 e. The van der Waals surface area contributed by atoms with Gasteiger partial charge in [-0.25, -0.2) is 17.8 Å². The van der Waals surface area contributed by atoms with Crippen LogP contribution in [-0.2, 0) is 16.6 Å². The Hall–Kier alpha value is -2.29. The zero-order chi connectivity index (χ0) is 18.9. The molecule has 2 aromatic carbocycles. The van der Waals surface area contributed by atoms with E-state index < -0.39 is 15.8 Å². The molecule has 9 heteroatoms. The summed E-state index contributed by atoms with van der Waals surface area (Å²) >= 11 is 5.70. The van der Waals surface area contributed by atoms with Crippen molar-refractivity contribution in [3.63, 3.8) is 0 Å². The molecule has 1 heterocycles. The monoisotopic (exact) mass is 395 g/mol. The van der Waals surface area contributed by atoms with E-state index in [9.17, 15) is 17.6 Å². The fourth-order valence-electron chi connectivity index (χ4n) is 2.53. The average molecular weight is 396 g/mol. The number of H-pyrrole nitrogens is 1. The maximum Gasteiger partial charge on any atom is 0.258 e. The second-order valence-corrected chi connectivity index (χ2v) is 7.88. The predicted octanol–water partition coefficient (Wildman–Crippen LogP) is 2.93. The van der Waals surface area contributed by atoms with Crippen LogP contribution in [0.4, 0.5) is 4.39 Å². The molecule has 0 unspecified atom stereocenters. The summed E-state index contributed by atoms with van der Waals surface area (Å²) in [5, 5.41) is 0.145. The van der Waals surface area contributed by atoms with Gasteiger partial charge in [0.05, 0.1) is 27.4 Å². The molecule has 0 amide bonds. The van der Waals surface area contributed by atoms with Gasteiger partial charge >= 0.3 is 0 Å². The van der Waals surface area contributed by atoms with Gasteiger partial charge in [-0.15, -0.1) is 0 Å². The molecular weight excluding hydrogens is 381 g/mol. The van der Waals surface area contributed by atoms with Gasteiger partial charge < -0.3 is 4.98 Å². The minimum atomic E-state index is -3.93. The van der Waals surface area contributed by atoms with Gasteiger partial charge in [-0.2, -0.15) is 4.31 Å². The number of sulfonamides is 1. The number of hydrogen-bond acceptors (Lipinski definition) is 4. The van der Waals surface area contributed by atoms with Crippen LogP contribution in [0.1, 0.15) is 12.7 Å². The number of aromatic nitrogens is 2. The van der Waals surface area contributed by atoms with E-state index in [2.05, 4.69) is 9.97 Å². The highest BCUT2D eigenvalue weighted by Gasteiger charge is 2.25. The van der Waals surface area contributed by atoms with Crippen LogP contribution >= 0.6 is 11.6 Å². The third kappa shape index (κ3) is 3.48. The van der Waals surface area contributed by atoms with Crippen LogP contribution < -0.4 is 5.56 Å². The first-order valence-corrected chi connectivity index (χ1v) is 9.58. The topological polar surface area (TPSA) is 83.1 Å². The Labute approximate surface area is 154 Å². The van der Waals surface area contributed by atoms with E-state index in [1.807, 2.05) is 0 Å². The molecule has 0 radical (unpaired) electrons. The number of rotatable bonds is 5. The van der Waals surface area contributed by atoms with Gasteiger partial charge in [0, 0.05) is 6.54 Å². The Morgan fingerprint density at radius 3 is 2.65 bits per heavy atom. The molecule has 0 saturated carbocycles. The van der Waals surface area contributed by atoms with Crippen molar-refractivity contribution in [1.29, 1.82) is 0 Å². The number of benzene rings is 2. The van der Waals surface area contributed by atoms with Crippen LogP contribution in [-0.4, -0.2) is 29.2 Å². The highest BCUT2D eigenvalue weighted by atomic mass is 35.5. The lowest BCUT2D eigenvalue weighted by atomic mass is 10.2. The van der Waals surface area contributed by atoms with Crippen molar-refractivity contribution < 1.29 is 12.8 Å². The number of para-hydroxylation sites is 1. The highest BCUT2D eigenvalue weighted by Crippen LogP contribution is 2.23. The summed E-state index contributed by atoms with van der Waals surface area (Å²) in [6.07, 6.45) is 0. The van der Waals surface area contributed by atoms with Crippen LogP contribution in [0, 0.1) is 5.82 Å². The lowest BCUT2D eigenvalue weighted by Crippen LogP contribution is -2.32. The van der Waals surface area contributed by atoms with Crippen molar-refractivity contribution in [1.82, 2.24) is 14.3 Å². The zero-order valence-corrected chi connectivity index (χ0v) is 15.3. The predicted molar refractivity (Wildman–Crippen MR) is 97.0 cm³/mol. The van der Waals surface area contributed by atoms with Crippen molar-refractivity contribution in [2.24, 2.45) is 0 Å². The van der Waals surface area contributed by atoms with E-state index in [4.69, 9.17) is 11.6 Å². The van der Waals surface area contributed by atoms with Gasteiger partial charge in [0.2, 0.25) is 10.0 Å². The molecule has 0 fully saturated rings. The average Bonchev–Trinajstić information content (AvgIpc) is 2.61. The minimum absolute atomic E-state index is 0.131. The summed E-state index contributed by atoms with van der Waals surface area (Å²) in [7, 11) is -3.93. The Kier molecular flexibility index (Phi) is 5.08. The largest absolute Gasteiger partial charge is 0.309 e. The van der Waals surface area contributed by atoms with E-state index in [1.54, 1.807) is 31.2 Å². The Bertz CT molecular complexity index is 1130. The SMILES string of the molecule is CCN(Cc1nc2ccccc2c(=O)[nH]1)S(=O)(=O)c1ccc(F)c(Cl)c1. The molecular formula is C17H15ClFN3O3S. The third-order valence-corrected chi connectivity index (χ3v) is 6.08. The minimum Gasteiger partial charge on any atom is -0.309 e. The first-order chi connectivity index (χ1) is 12.3. The van der Waals surface area contributed by atoms with Crippen LogP contribution in [0.2, 0.25) is 5.02 Å². The van der Waals surface area contributed by atoms with Crippen LogP contribution in [0.25, 0.3) is 10.9 Å². The van der Waals surface area contributed by atoms with E-state index in [-0.39, 0.29) is 34.4 Å². The number of nitrogens with zero attached hydrogens (tertiary/aromatic N) is 2. The summed E-state index contributed by atoms with van der Waals surface area (Å²) in [6.45, 7) is 1.66. The fourth-order valence-corrected chi connectivity index (χ4v) is 4.21. The van der Waals surface area contributed by atoms with Gasteiger partial charge in [0.1, 0.15) is 11.6 Å². The quantitative estimate of drug-likeness (QED) is 0.720. The van der Waals surface area contributed by atoms with Crippen molar-refractivity contribution in [2.75, 3.05) is 6.54 Å². The molecule has 6 nitrogen and oxygen atoms in total. The molecule has 0 bridgehead atoms. The first kappa shape index (κ1) is 18.5. The maximum absolute atomic E-state index is 13.3. The van der Waals surface area contributed by atoms with Crippen molar-refractivity contribution in [3.05, 3.63) is 69.5 Å². The van der Waals surface area contributed by atoms with Gasteiger partial charge in [0.15, 0.2) is 0 Å². The van der Waals surface area contributed by atoms with Crippen LogP contribution in [0.3, 0.4) is 0 Å². The fraction of sp³-hybridized carbons (Fsp3) is 0.176. The first-order valence-electron chi connectivity index (χ1n) is 7.76. The van der Waals surface area contributed by atoms with Crippen molar-refractivity contribution >= 4 is 32.5 Å². The standard InChI is InChI=1S/C17H15ClFN3O3S/c1-2-22(26(24,25)11-7-8-14(19)13(18)9-11)10-16-20-15-6-4-3-5-12(15)17(23)21-16/h3-9H,2,10H2,1H3,(H,20,21,23). The summed E-state index contributed by atoms with van der Waals surface area (Å²) in [6, 6.07) is 9.99. The van der Waals surface area contributed by atoms with Crippen molar-refractivity contribution in [3.8, 4) is 0 Å². The Morgan fingerprint density at radius 2 is 1.96 bits per heavy atom. The molecule has 26 heavy (non-hydrogen) atoms. The lowest BCUT2D eigenvalue weighted by Gasteiger charge is -2.20. The molecule has 0 saturated heterocycles. The number of halogens is 2. The number of aromatic amines is 1. The molecule has 0 aliphatic heterocycles. The number of hydrogen-bond donors (Lipinski definition) is 1. The summed E-state index contributed by atoms with van der Waals surface area (Å²) in [4.78, 5) is 18.9. The van der Waals surface area contributed by atoms with E-state index in [0.717, 1.165) is 22.5 Å². The van der Waals surface area contributed by atoms with Gasteiger partial charge in [-0.05, 0) is 30.3 Å². The number of nitrogens with one attached hydrogen (secondary N) is 1. The number of fused-ring (bicyclic) bond motifs is 1. The van der Waals surface area contributed by atoms with Gasteiger partial charge in [-0.1, -0.05) is 30.7 Å². The molecule has 1 aromatic heterocycles. The van der Waals surface area contributed by atoms with Crippen LogP contribution in [0.5, 0.6) is 0 Å². The zero-order valence-electron chi connectivity index (χ0n) is 13.7. The van der Waals surface area contributed by atoms with Crippen molar-refractivity contribution in [2.45, 2.75) is 18.4 Å². The Balaban J connectivity index is 1.99. The summed E-state index contributed by atoms with van der Waals surface area (Å²) in [5.41, 5.74) is 0.133.